The molecule has 0 heterocycles. The van der Waals surface area contributed by atoms with Crippen LogP contribution in [0.25, 0.3) is 0 Å². The summed E-state index contributed by atoms with van der Waals surface area (Å²) < 4.78 is 12.9. The molecule has 4 nitrogen and oxygen atoms in total. The van der Waals surface area contributed by atoms with Crippen molar-refractivity contribution in [3.8, 4) is 11.5 Å². The lowest BCUT2D eigenvalue weighted by molar-refractivity contribution is 0.0781. The van der Waals surface area contributed by atoms with E-state index in [-0.39, 0.29) is 36.9 Å². The lowest BCUT2D eigenvalue weighted by Crippen LogP contribution is -2.43. The van der Waals surface area contributed by atoms with E-state index in [0.29, 0.717) is 13.2 Å². The van der Waals surface area contributed by atoms with Crippen LogP contribution in [0.1, 0.15) is 45.2 Å². The van der Waals surface area contributed by atoms with E-state index in [1.165, 1.54) is 11.1 Å². The third-order valence-electron chi connectivity index (χ3n) is 7.80. The number of aliphatic hydroxyl groups excluding tert-OH is 2. The molecule has 3 aliphatic carbocycles. The maximum atomic E-state index is 10.5. The van der Waals surface area contributed by atoms with Crippen molar-refractivity contribution in [3.05, 3.63) is 130 Å². The molecule has 36 heavy (non-hydrogen) atoms. The fraction of sp³-hybridized carbons (Fsp3) is 0.250. The minimum absolute atomic E-state index is 0.00733. The highest BCUT2D eigenvalue weighted by molar-refractivity contribution is 5.65. The highest BCUT2D eigenvalue weighted by Gasteiger charge is 2.51. The van der Waals surface area contributed by atoms with E-state index < -0.39 is 0 Å². The Morgan fingerprint density at radius 2 is 0.889 bits per heavy atom. The number of fused-ring (bicyclic) bond motifs is 1. The van der Waals surface area contributed by atoms with Crippen LogP contribution >= 0.6 is 0 Å². The van der Waals surface area contributed by atoms with Crippen molar-refractivity contribution in [2.75, 3.05) is 13.2 Å². The van der Waals surface area contributed by atoms with Crippen LogP contribution in [-0.2, 0) is 13.2 Å². The molecule has 4 aromatic rings. The summed E-state index contributed by atoms with van der Waals surface area (Å²) >= 11 is 0. The second-order valence-corrected chi connectivity index (χ2v) is 9.71. The van der Waals surface area contributed by atoms with E-state index in [1.54, 1.807) is 0 Å². The summed E-state index contributed by atoms with van der Waals surface area (Å²) in [6, 6.07) is 32.7. The summed E-state index contributed by atoms with van der Waals surface area (Å²) in [5.41, 5.74) is 6.80. The first-order chi connectivity index (χ1) is 17.8. The Morgan fingerprint density at radius 1 is 0.500 bits per heavy atom. The van der Waals surface area contributed by atoms with Crippen molar-refractivity contribution in [1.29, 1.82) is 0 Å². The quantitative estimate of drug-likeness (QED) is 0.344. The standard InChI is InChI=1S/C32H30O4/c33-17-25-26(18-34)30-24-14-8-7-13-23(24)29(25)31-27(35-19-21-9-3-1-4-10-21)15-16-28(32(30)31)36-20-22-11-5-2-6-12-22/h1-16,25-26,29-30,33-34H,17-20H2/t25-,26+,29+,30-. The predicted molar refractivity (Wildman–Crippen MR) is 139 cm³/mol. The molecule has 2 bridgehead atoms. The van der Waals surface area contributed by atoms with Gasteiger partial charge in [-0.15, -0.1) is 0 Å². The van der Waals surface area contributed by atoms with Crippen molar-refractivity contribution < 1.29 is 19.7 Å². The molecular weight excluding hydrogens is 448 g/mol. The van der Waals surface area contributed by atoms with Crippen LogP contribution in [0.4, 0.5) is 0 Å². The van der Waals surface area contributed by atoms with Gasteiger partial charge in [0.1, 0.15) is 24.7 Å². The number of aliphatic hydroxyl groups is 2. The minimum atomic E-state index is -0.0918. The Balaban J connectivity index is 1.47. The number of rotatable bonds is 8. The zero-order chi connectivity index (χ0) is 24.5. The van der Waals surface area contributed by atoms with E-state index in [0.717, 1.165) is 33.8 Å². The largest absolute Gasteiger partial charge is 0.489 e. The molecule has 2 N–H and O–H groups in total. The fourth-order valence-electron chi connectivity index (χ4n) is 6.21. The molecule has 0 aromatic heterocycles. The zero-order valence-corrected chi connectivity index (χ0v) is 20.1. The van der Waals surface area contributed by atoms with Gasteiger partial charge in [0.05, 0.1) is 0 Å². The van der Waals surface area contributed by atoms with Crippen molar-refractivity contribution in [1.82, 2.24) is 0 Å². The molecule has 0 amide bonds. The molecule has 0 saturated heterocycles. The number of hydrogen-bond donors (Lipinski definition) is 2. The van der Waals surface area contributed by atoms with Crippen LogP contribution in [0.2, 0.25) is 0 Å². The maximum absolute atomic E-state index is 10.5. The first-order valence-corrected chi connectivity index (χ1v) is 12.6. The average Bonchev–Trinajstić information content (AvgIpc) is 2.95. The molecule has 0 unspecified atom stereocenters. The van der Waals surface area contributed by atoms with Gasteiger partial charge < -0.3 is 19.7 Å². The van der Waals surface area contributed by atoms with Crippen LogP contribution in [-0.4, -0.2) is 23.4 Å². The predicted octanol–water partition coefficient (Wildman–Crippen LogP) is 5.65. The van der Waals surface area contributed by atoms with Crippen LogP contribution in [0.3, 0.4) is 0 Å². The molecule has 4 heteroatoms. The molecule has 182 valence electrons. The number of ether oxygens (including phenoxy) is 2. The van der Waals surface area contributed by atoms with Crippen LogP contribution in [0, 0.1) is 11.8 Å². The third-order valence-corrected chi connectivity index (χ3v) is 7.80. The molecule has 0 aliphatic heterocycles. The van der Waals surface area contributed by atoms with Gasteiger partial charge in [0.25, 0.3) is 0 Å². The van der Waals surface area contributed by atoms with Crippen molar-refractivity contribution in [2.45, 2.75) is 25.0 Å². The van der Waals surface area contributed by atoms with Crippen molar-refractivity contribution in [2.24, 2.45) is 11.8 Å². The zero-order valence-electron chi connectivity index (χ0n) is 20.1. The molecule has 0 spiro atoms. The van der Waals surface area contributed by atoms with Crippen LogP contribution in [0.5, 0.6) is 11.5 Å². The van der Waals surface area contributed by atoms with Crippen molar-refractivity contribution >= 4 is 0 Å². The molecule has 4 atom stereocenters. The fourth-order valence-corrected chi connectivity index (χ4v) is 6.21. The van der Waals surface area contributed by atoms with Crippen LogP contribution < -0.4 is 9.47 Å². The molecule has 7 rings (SSSR count). The molecule has 0 fully saturated rings. The third kappa shape index (κ3) is 3.87. The molecule has 0 radical (unpaired) electrons. The van der Waals surface area contributed by atoms with Gasteiger partial charge in [-0.1, -0.05) is 84.9 Å². The highest BCUT2D eigenvalue weighted by atomic mass is 16.5. The summed E-state index contributed by atoms with van der Waals surface area (Å²) in [7, 11) is 0. The van der Waals surface area contributed by atoms with Gasteiger partial charge in [-0.25, -0.2) is 0 Å². The summed E-state index contributed by atoms with van der Waals surface area (Å²) in [5.74, 6) is 1.31. The van der Waals surface area contributed by atoms with E-state index in [2.05, 4.69) is 48.5 Å². The number of hydrogen-bond acceptors (Lipinski definition) is 4. The van der Waals surface area contributed by atoms with Gasteiger partial charge in [0.15, 0.2) is 0 Å². The monoisotopic (exact) mass is 478 g/mol. The van der Waals surface area contributed by atoms with E-state index >= 15 is 0 Å². The van der Waals surface area contributed by atoms with Gasteiger partial charge in [0, 0.05) is 36.2 Å². The van der Waals surface area contributed by atoms with Gasteiger partial charge in [-0.05, 0) is 46.2 Å². The molecular formula is C32H30O4. The second-order valence-electron chi connectivity index (χ2n) is 9.71. The first-order valence-electron chi connectivity index (χ1n) is 12.6. The van der Waals surface area contributed by atoms with Crippen molar-refractivity contribution in [3.63, 3.8) is 0 Å². The average molecular weight is 479 g/mol. The van der Waals surface area contributed by atoms with Gasteiger partial charge in [0.2, 0.25) is 0 Å². The van der Waals surface area contributed by atoms with E-state index in [4.69, 9.17) is 9.47 Å². The molecule has 0 saturated carbocycles. The Bertz CT molecular complexity index is 1230. The van der Waals surface area contributed by atoms with Crippen LogP contribution in [0.15, 0.2) is 97.1 Å². The normalized spacial score (nSPS) is 21.5. The van der Waals surface area contributed by atoms with E-state index in [9.17, 15) is 10.2 Å². The SMILES string of the molecule is OC[C@@H]1[C@H]2c3ccccc3[C@H](c3c(OCc4ccccc4)ccc(OCc4ccccc4)c32)[C@@H]1CO. The maximum Gasteiger partial charge on any atom is 0.124 e. The minimum Gasteiger partial charge on any atom is -0.489 e. The Labute approximate surface area is 211 Å². The van der Waals surface area contributed by atoms with Gasteiger partial charge in [-0.2, -0.15) is 0 Å². The second kappa shape index (κ2) is 9.81. The first kappa shape index (κ1) is 22.8. The smallest absolute Gasteiger partial charge is 0.124 e. The van der Waals surface area contributed by atoms with E-state index in [1.807, 2.05) is 48.5 Å². The summed E-state index contributed by atoms with van der Waals surface area (Å²) in [5, 5.41) is 21.0. The topological polar surface area (TPSA) is 58.9 Å². The Kier molecular flexibility index (Phi) is 6.22. The van der Waals surface area contributed by atoms with Gasteiger partial charge >= 0.3 is 0 Å². The molecule has 4 aromatic carbocycles. The number of benzene rings is 4. The lowest BCUT2D eigenvalue weighted by Gasteiger charge is -2.50. The summed E-state index contributed by atoms with van der Waals surface area (Å²) in [6.07, 6.45) is 0. The highest BCUT2D eigenvalue weighted by Crippen LogP contribution is 2.62. The van der Waals surface area contributed by atoms with Gasteiger partial charge in [-0.3, -0.25) is 0 Å². The Hall–Kier alpha value is -3.60. The Morgan fingerprint density at radius 3 is 1.28 bits per heavy atom. The lowest BCUT2D eigenvalue weighted by atomic mass is 9.54. The summed E-state index contributed by atoms with van der Waals surface area (Å²) in [6.45, 7) is 0.939. The summed E-state index contributed by atoms with van der Waals surface area (Å²) in [4.78, 5) is 0. The molecule has 3 aliphatic rings.